The number of aliphatic imine (C=N–C) groups is 1. The van der Waals surface area contributed by atoms with E-state index >= 15 is 0 Å². The highest BCUT2D eigenvalue weighted by atomic mass is 19.4. The van der Waals surface area contributed by atoms with Gasteiger partial charge in [-0.25, -0.2) is 13.8 Å². The van der Waals surface area contributed by atoms with E-state index in [2.05, 4.69) is 27.5 Å². The summed E-state index contributed by atoms with van der Waals surface area (Å²) in [6.07, 6.45) is -0.389. The number of nitrogens with zero attached hydrogens (tertiary/aromatic N) is 1. The highest BCUT2D eigenvalue weighted by Gasteiger charge is 2.45. The summed E-state index contributed by atoms with van der Waals surface area (Å²) in [4.78, 5) is 4.35. The Bertz CT molecular complexity index is 1090. The van der Waals surface area contributed by atoms with Gasteiger partial charge in [0, 0.05) is 23.0 Å². The fourth-order valence-electron chi connectivity index (χ4n) is 3.29. The molecule has 0 amide bonds. The summed E-state index contributed by atoms with van der Waals surface area (Å²) < 4.78 is 70.5. The predicted octanol–water partition coefficient (Wildman–Crippen LogP) is 5.55. The predicted molar refractivity (Wildman–Crippen MR) is 120 cm³/mol. The molecule has 1 aromatic carbocycles. The molecule has 3 N–H and O–H groups in total. The van der Waals surface area contributed by atoms with Crippen LogP contribution in [0.2, 0.25) is 0 Å². The molecule has 0 spiro atoms. The lowest BCUT2D eigenvalue weighted by molar-refractivity contribution is -0.147. The van der Waals surface area contributed by atoms with Crippen molar-refractivity contribution in [3.8, 4) is 0 Å². The molecule has 0 saturated heterocycles. The van der Waals surface area contributed by atoms with Crippen molar-refractivity contribution in [1.82, 2.24) is 16.0 Å². The summed E-state index contributed by atoms with van der Waals surface area (Å²) in [5.74, 6) is -1.69. The van der Waals surface area contributed by atoms with Crippen LogP contribution in [0.15, 0.2) is 101 Å². The van der Waals surface area contributed by atoms with E-state index in [0.717, 1.165) is 24.4 Å². The minimum atomic E-state index is -4.83. The van der Waals surface area contributed by atoms with Crippen molar-refractivity contribution in [1.29, 1.82) is 0 Å². The maximum atomic E-state index is 14.3. The van der Waals surface area contributed by atoms with Crippen molar-refractivity contribution in [3.63, 3.8) is 0 Å². The van der Waals surface area contributed by atoms with Gasteiger partial charge in [-0.2, -0.15) is 13.2 Å². The lowest BCUT2D eigenvalue weighted by Crippen LogP contribution is -2.55. The van der Waals surface area contributed by atoms with Crippen molar-refractivity contribution >= 4 is 11.5 Å². The smallest absolute Gasteiger partial charge is 0.370 e. The van der Waals surface area contributed by atoms with Crippen molar-refractivity contribution in [3.05, 3.63) is 101 Å². The summed E-state index contributed by atoms with van der Waals surface area (Å²) in [6, 6.07) is 6.49. The first-order valence-electron chi connectivity index (χ1n) is 10.1. The minimum Gasteiger partial charge on any atom is -0.370 e. The molecule has 2 heterocycles. The molecule has 174 valence electrons. The summed E-state index contributed by atoms with van der Waals surface area (Å²) in [6.45, 7) is 6.65. The molecule has 0 aromatic heterocycles. The van der Waals surface area contributed by atoms with Crippen LogP contribution in [-0.4, -0.2) is 24.2 Å². The fourth-order valence-corrected chi connectivity index (χ4v) is 3.29. The number of alkyl halides is 3. The van der Waals surface area contributed by atoms with E-state index in [-0.39, 0.29) is 5.84 Å². The SMILES string of the molecule is C=C1C=C(c2ccccc2)N=C(/C(=C\C(F)=C/C)C(NC2NC=C(F)C=C2C)C(F)(F)F)N1. The van der Waals surface area contributed by atoms with E-state index < -0.39 is 35.6 Å². The van der Waals surface area contributed by atoms with Crippen LogP contribution in [0, 0.1) is 0 Å². The van der Waals surface area contributed by atoms with E-state index in [4.69, 9.17) is 0 Å². The van der Waals surface area contributed by atoms with E-state index in [1.165, 1.54) is 13.8 Å². The highest BCUT2D eigenvalue weighted by molar-refractivity contribution is 6.05. The molecule has 0 bridgehead atoms. The van der Waals surface area contributed by atoms with Gasteiger partial charge in [-0.05, 0) is 37.6 Å². The second kappa shape index (κ2) is 9.99. The third-order valence-electron chi connectivity index (χ3n) is 4.91. The maximum absolute atomic E-state index is 14.3. The Morgan fingerprint density at radius 1 is 1.21 bits per heavy atom. The van der Waals surface area contributed by atoms with Gasteiger partial charge in [0.2, 0.25) is 0 Å². The number of hydrogen-bond donors (Lipinski definition) is 3. The molecule has 33 heavy (non-hydrogen) atoms. The number of nitrogens with one attached hydrogen (secondary N) is 3. The van der Waals surface area contributed by atoms with Crippen molar-refractivity contribution < 1.29 is 22.0 Å². The van der Waals surface area contributed by atoms with Crippen LogP contribution in [0.4, 0.5) is 22.0 Å². The fraction of sp³-hybridized carbons (Fsp3) is 0.208. The van der Waals surface area contributed by atoms with E-state index in [0.29, 0.717) is 22.5 Å². The molecule has 4 nitrogen and oxygen atoms in total. The molecular formula is C24H23F5N4. The Labute approximate surface area is 188 Å². The zero-order valence-corrected chi connectivity index (χ0v) is 18.0. The van der Waals surface area contributed by atoms with Gasteiger partial charge in [-0.15, -0.1) is 0 Å². The second-order valence-corrected chi connectivity index (χ2v) is 7.44. The Morgan fingerprint density at radius 2 is 1.91 bits per heavy atom. The van der Waals surface area contributed by atoms with E-state index in [1.807, 2.05) is 0 Å². The van der Waals surface area contributed by atoms with Crippen molar-refractivity contribution in [2.24, 2.45) is 4.99 Å². The Morgan fingerprint density at radius 3 is 2.52 bits per heavy atom. The number of dihydropyridines is 1. The Kier molecular flexibility index (Phi) is 7.33. The summed E-state index contributed by atoms with van der Waals surface area (Å²) in [7, 11) is 0. The maximum Gasteiger partial charge on any atom is 0.408 e. The molecule has 3 rings (SSSR count). The number of hydrogen-bond acceptors (Lipinski definition) is 4. The quantitative estimate of drug-likeness (QED) is 0.384. The molecule has 2 aliphatic rings. The topological polar surface area (TPSA) is 48.5 Å². The third-order valence-corrected chi connectivity index (χ3v) is 4.91. The molecule has 0 aliphatic carbocycles. The first kappa shape index (κ1) is 24.2. The van der Waals surface area contributed by atoms with Gasteiger partial charge < -0.3 is 10.6 Å². The molecule has 9 heteroatoms. The molecule has 2 atom stereocenters. The zero-order chi connectivity index (χ0) is 24.2. The monoisotopic (exact) mass is 462 g/mol. The van der Waals surface area contributed by atoms with Crippen LogP contribution in [-0.2, 0) is 0 Å². The van der Waals surface area contributed by atoms with Crippen LogP contribution in [0.5, 0.6) is 0 Å². The molecule has 0 fully saturated rings. The number of rotatable bonds is 6. The molecule has 1 aromatic rings. The standard InChI is InChI=1S/C24H23F5N4/c1-4-17(25)12-19(21(24(27,28)29)33-22-14(2)10-18(26)13-30-22)23-31-15(3)11-20(32-23)16-8-6-5-7-9-16/h4-13,21-22,30,33H,3H2,1-2H3,(H,31,32)/b17-4+,19-12-. The summed E-state index contributed by atoms with van der Waals surface area (Å²) >= 11 is 0. The Hall–Kier alpha value is -3.46. The van der Waals surface area contributed by atoms with Crippen LogP contribution in [0.1, 0.15) is 19.4 Å². The van der Waals surface area contributed by atoms with Crippen molar-refractivity contribution in [2.75, 3.05) is 0 Å². The Balaban J connectivity index is 2.07. The van der Waals surface area contributed by atoms with E-state index in [9.17, 15) is 22.0 Å². The highest BCUT2D eigenvalue weighted by Crippen LogP contribution is 2.31. The van der Waals surface area contributed by atoms with Crippen LogP contribution < -0.4 is 16.0 Å². The van der Waals surface area contributed by atoms with Gasteiger partial charge in [-0.1, -0.05) is 43.0 Å². The summed E-state index contributed by atoms with van der Waals surface area (Å²) in [5, 5.41) is 7.69. The van der Waals surface area contributed by atoms with Gasteiger partial charge in [0.15, 0.2) is 0 Å². The molecule has 2 unspecified atom stereocenters. The zero-order valence-electron chi connectivity index (χ0n) is 18.0. The first-order valence-corrected chi connectivity index (χ1v) is 10.1. The van der Waals surface area contributed by atoms with Gasteiger partial charge in [0.1, 0.15) is 23.5 Å². The molecule has 2 aliphatic heterocycles. The van der Waals surface area contributed by atoms with Gasteiger partial charge in [-0.3, -0.25) is 5.32 Å². The average molecular weight is 462 g/mol. The average Bonchev–Trinajstić information content (AvgIpc) is 2.76. The van der Waals surface area contributed by atoms with Crippen LogP contribution >= 0.6 is 0 Å². The summed E-state index contributed by atoms with van der Waals surface area (Å²) in [5.41, 5.74) is 1.14. The van der Waals surface area contributed by atoms with Crippen LogP contribution in [0.3, 0.4) is 0 Å². The van der Waals surface area contributed by atoms with Gasteiger partial charge >= 0.3 is 6.18 Å². The number of benzene rings is 1. The lowest BCUT2D eigenvalue weighted by atomic mass is 10.0. The largest absolute Gasteiger partial charge is 0.408 e. The van der Waals surface area contributed by atoms with E-state index in [1.54, 1.807) is 36.4 Å². The molecule has 0 radical (unpaired) electrons. The number of halogens is 5. The molecular weight excluding hydrogens is 439 g/mol. The lowest BCUT2D eigenvalue weighted by Gasteiger charge is -2.32. The number of allylic oxidation sites excluding steroid dienone is 6. The number of amidine groups is 1. The minimum absolute atomic E-state index is 0.202. The third kappa shape index (κ3) is 6.07. The first-order chi connectivity index (χ1) is 15.6. The van der Waals surface area contributed by atoms with Gasteiger partial charge in [0.25, 0.3) is 0 Å². The second-order valence-electron chi connectivity index (χ2n) is 7.44. The van der Waals surface area contributed by atoms with Gasteiger partial charge in [0.05, 0.1) is 11.9 Å². The van der Waals surface area contributed by atoms with Crippen LogP contribution in [0.25, 0.3) is 5.70 Å². The normalized spacial score (nSPS) is 20.7. The van der Waals surface area contributed by atoms with Crippen molar-refractivity contribution in [2.45, 2.75) is 32.2 Å². The molecule has 0 saturated carbocycles.